The van der Waals surface area contributed by atoms with Gasteiger partial charge in [-0.3, -0.25) is 0 Å². The third kappa shape index (κ3) is 28.6. The van der Waals surface area contributed by atoms with E-state index in [1.807, 2.05) is 37.4 Å². The van der Waals surface area contributed by atoms with Gasteiger partial charge in [0, 0.05) is 59.5 Å². The Hall–Kier alpha value is -0.740. The van der Waals surface area contributed by atoms with E-state index < -0.39 is 0 Å². The van der Waals surface area contributed by atoms with Crippen LogP contribution in [0.1, 0.15) is 212 Å². The molecule has 0 spiro atoms. The third-order valence-electron chi connectivity index (χ3n) is 11.9. The summed E-state index contributed by atoms with van der Waals surface area (Å²) in [7, 11) is 7.68. The Morgan fingerprint density at radius 3 is 1.22 bits per heavy atom. The van der Waals surface area contributed by atoms with Gasteiger partial charge in [0.2, 0.25) is 0 Å². The van der Waals surface area contributed by atoms with Crippen molar-refractivity contribution in [2.75, 3.05) is 41.4 Å². The van der Waals surface area contributed by atoms with E-state index in [4.69, 9.17) is 21.7 Å². The van der Waals surface area contributed by atoms with Gasteiger partial charge in [0.25, 0.3) is 0 Å². The molecular formula is C58H105N4NaO5S4. The Labute approximate surface area is 485 Å². The van der Waals surface area contributed by atoms with E-state index in [2.05, 4.69) is 203 Å². The predicted molar refractivity (Wildman–Crippen MR) is 321 cm³/mol. The van der Waals surface area contributed by atoms with Crippen LogP contribution in [0.15, 0.2) is 24.3 Å². The van der Waals surface area contributed by atoms with E-state index in [9.17, 15) is 15.3 Å². The van der Waals surface area contributed by atoms with Gasteiger partial charge in [-0.05, 0) is 200 Å². The minimum atomic E-state index is -0.138. The number of nitrogens with one attached hydrogen (secondary N) is 3. The van der Waals surface area contributed by atoms with Crippen molar-refractivity contribution in [1.82, 2.24) is 20.9 Å². The maximum Gasteiger partial charge on any atom is 1.00 e. The number of benzene rings is 2. The molecule has 9 nitrogen and oxygen atoms in total. The zero-order valence-electron chi connectivity index (χ0n) is 51.3. The molecule has 412 valence electrons. The molecule has 0 saturated carbocycles. The number of thiocarbonyl (C=S) groups is 3. The number of rotatable bonds is 5. The number of hydrogen-bond donors (Lipinski definition) is 6. The van der Waals surface area contributed by atoms with E-state index in [1.54, 1.807) is 11.8 Å². The van der Waals surface area contributed by atoms with Crippen LogP contribution in [0.3, 0.4) is 0 Å². The standard InChI is InChI=1S/C24H41NO2.C18H29NOS2.C9H19NO.C4H8O.C2H7N.CS2.Na.H/c1-21(2,3)18-11-16(12-19(20(18)26)22(4,5)6)15-27-17-13-23(7,8)25-24(9,10)14-17;1-17(2,3)13-9-12(11-22-16(21)19(7)8)10-14(15(13)20)18(4,5)6;1-8(2)5-7(11)6-9(3,4)10-8;1-2-4-5-3-1;1-3-2;2-1-3;;/h11-12,17,25-26H,13-15H2,1-10H3;9-10,20H,11H2,1-8H3;7,10-11H,5-6H2,1-4H3;1-4H2;3H,1-2H3;;;/q;;;;;;+1;-1. The second kappa shape index (κ2) is 31.0. The molecule has 3 aliphatic rings. The van der Waals surface area contributed by atoms with E-state index in [1.165, 1.54) is 18.4 Å². The maximum absolute atomic E-state index is 10.9. The molecule has 0 atom stereocenters. The van der Waals surface area contributed by atoms with Crippen molar-refractivity contribution in [3.63, 3.8) is 0 Å². The first-order chi connectivity index (χ1) is 32.0. The molecule has 6 N–H and O–H groups in total. The van der Waals surface area contributed by atoms with Gasteiger partial charge < -0.3 is 47.1 Å². The zero-order valence-corrected chi connectivity index (χ0v) is 55.5. The van der Waals surface area contributed by atoms with E-state index in [-0.39, 0.29) is 87.0 Å². The number of piperidine rings is 2. The smallest absolute Gasteiger partial charge is 1.00 e. The maximum atomic E-state index is 10.9. The Morgan fingerprint density at radius 1 is 0.681 bits per heavy atom. The average molecular weight is 1090 g/mol. The van der Waals surface area contributed by atoms with Gasteiger partial charge in [-0.15, -0.1) is 0 Å². The normalized spacial score (nSPS) is 18.2. The van der Waals surface area contributed by atoms with E-state index in [0.29, 0.717) is 18.1 Å². The summed E-state index contributed by atoms with van der Waals surface area (Å²) < 4.78 is 14.1. The monoisotopic (exact) mass is 1090 g/mol. The van der Waals surface area contributed by atoms with Crippen LogP contribution in [0.5, 0.6) is 11.5 Å². The van der Waals surface area contributed by atoms with Crippen LogP contribution in [0, 0.1) is 0 Å². The second-order valence-electron chi connectivity index (χ2n) is 26.6. The number of hydrogen-bond acceptors (Lipinski definition) is 12. The molecule has 2 aromatic carbocycles. The number of aliphatic hydroxyl groups excluding tert-OH is 1. The molecule has 0 amide bonds. The summed E-state index contributed by atoms with van der Waals surface area (Å²) in [6.45, 7) is 45.8. The Balaban J connectivity index is -0.000000944. The molecule has 3 aliphatic heterocycles. The van der Waals surface area contributed by atoms with Gasteiger partial charge in [-0.2, -0.15) is 0 Å². The Kier molecular flexibility index (Phi) is 31.6. The van der Waals surface area contributed by atoms with Crippen molar-refractivity contribution in [1.29, 1.82) is 0 Å². The van der Waals surface area contributed by atoms with Crippen molar-refractivity contribution >= 4 is 57.1 Å². The van der Waals surface area contributed by atoms with Gasteiger partial charge in [0.05, 0.1) is 18.8 Å². The fourth-order valence-electron chi connectivity index (χ4n) is 9.46. The molecular weight excluding hydrogens is 984 g/mol. The van der Waals surface area contributed by atoms with Crippen LogP contribution < -0.4 is 45.5 Å². The number of nitrogens with zero attached hydrogens (tertiary/aromatic N) is 1. The SMILES string of the molecule is C1CCOC1.CC1(C)CC(O)CC(C)(C)N1.CC1(C)CC(OCc2cc(C(C)(C)C)c(O)c(C(C)(C)C)c2)CC(C)(C)N1.CN(C)C(=S)SCc1cc(C(C)(C)C)c(O)c(C(C)(C)C)c1.CNC.S=C=S.[H-].[Na+]. The first kappa shape index (κ1) is 73.3. The zero-order chi connectivity index (χ0) is 55.8. The summed E-state index contributed by atoms with van der Waals surface area (Å²) in [4.78, 5) is 1.95. The number of thioether (sulfide) groups is 1. The fraction of sp³-hybridized carbons (Fsp3) is 0.759. The van der Waals surface area contributed by atoms with Crippen LogP contribution in [0.2, 0.25) is 0 Å². The number of ether oxygens (including phenoxy) is 2. The summed E-state index contributed by atoms with van der Waals surface area (Å²) in [5.74, 6) is 1.69. The van der Waals surface area contributed by atoms with E-state index >= 15 is 0 Å². The molecule has 14 heteroatoms. The molecule has 3 heterocycles. The molecule has 5 rings (SSSR count). The molecule has 3 saturated heterocycles. The molecule has 0 aromatic heterocycles. The topological polar surface area (TPSA) is 118 Å². The minimum Gasteiger partial charge on any atom is -1.00 e. The number of phenolic OH excluding ortho intramolecular Hbond substituents is 2. The minimum absolute atomic E-state index is 0. The molecule has 0 aliphatic carbocycles. The van der Waals surface area contributed by atoms with Gasteiger partial charge in [0.15, 0.2) is 0 Å². The molecule has 3 fully saturated rings. The van der Waals surface area contributed by atoms with Crippen LogP contribution in [-0.4, -0.2) is 105 Å². The first-order valence-electron chi connectivity index (χ1n) is 25.6. The van der Waals surface area contributed by atoms with Crippen molar-refractivity contribution in [3.05, 3.63) is 57.6 Å². The molecule has 0 bridgehead atoms. The van der Waals surface area contributed by atoms with Crippen molar-refractivity contribution in [2.24, 2.45) is 0 Å². The van der Waals surface area contributed by atoms with Crippen molar-refractivity contribution in [3.8, 4) is 11.5 Å². The van der Waals surface area contributed by atoms with Crippen LogP contribution in [0.25, 0.3) is 0 Å². The van der Waals surface area contributed by atoms with Gasteiger partial charge >= 0.3 is 29.6 Å². The van der Waals surface area contributed by atoms with Crippen LogP contribution in [-0.2, 0) is 43.5 Å². The first-order valence-corrected chi connectivity index (χ1v) is 27.8. The number of aromatic hydroxyl groups is 2. The number of aliphatic hydroxyl groups is 1. The predicted octanol–water partition coefficient (Wildman–Crippen LogP) is 10.9. The summed E-state index contributed by atoms with van der Waals surface area (Å²) in [6.07, 6.45) is 6.38. The average Bonchev–Trinajstić information content (AvgIpc) is 3.74. The second-order valence-corrected chi connectivity index (χ2v) is 28.9. The third-order valence-corrected chi connectivity index (χ3v) is 13.7. The quantitative estimate of drug-likeness (QED) is 0.126. The molecule has 2 aromatic rings. The summed E-state index contributed by atoms with van der Waals surface area (Å²) in [6, 6.07) is 8.50. The van der Waals surface area contributed by atoms with Crippen LogP contribution >= 0.6 is 48.4 Å². The Bertz CT molecular complexity index is 1870. The largest absolute Gasteiger partial charge is 1.00 e. The molecule has 72 heavy (non-hydrogen) atoms. The Morgan fingerprint density at radius 2 is 0.972 bits per heavy atom. The van der Waals surface area contributed by atoms with Gasteiger partial charge in [0.1, 0.15) is 15.8 Å². The summed E-state index contributed by atoms with van der Waals surface area (Å²) in [5.41, 5.74) is 6.29. The number of phenols is 2. The summed E-state index contributed by atoms with van der Waals surface area (Å²) in [5, 5.41) is 41.1. The van der Waals surface area contributed by atoms with Crippen molar-refractivity contribution < 1.29 is 55.8 Å². The van der Waals surface area contributed by atoms with Gasteiger partial charge in [-0.1, -0.05) is 119 Å². The van der Waals surface area contributed by atoms with Gasteiger partial charge in [-0.25, -0.2) is 0 Å². The van der Waals surface area contributed by atoms with E-state index in [0.717, 1.165) is 76.8 Å². The molecule has 0 radical (unpaired) electrons. The summed E-state index contributed by atoms with van der Waals surface area (Å²) >= 11 is 14.9. The van der Waals surface area contributed by atoms with Crippen molar-refractivity contribution in [2.45, 2.75) is 245 Å². The molecule has 0 unspecified atom stereocenters. The fourth-order valence-corrected chi connectivity index (χ4v) is 10.3. The van der Waals surface area contributed by atoms with Crippen LogP contribution in [0.4, 0.5) is 0 Å².